The molecule has 0 spiro atoms. The molecule has 0 aliphatic carbocycles. The predicted octanol–water partition coefficient (Wildman–Crippen LogP) is 4.13. The molecule has 1 aliphatic heterocycles. The van der Waals surface area contributed by atoms with Crippen LogP contribution < -0.4 is 0 Å². The Hall–Kier alpha value is -2.98. The average molecular weight is 403 g/mol. The number of aryl methyl sites for hydroxylation is 2. The molecule has 3 rings (SSSR count). The van der Waals surface area contributed by atoms with E-state index in [1.54, 1.807) is 4.90 Å². The van der Waals surface area contributed by atoms with Crippen molar-refractivity contribution in [2.24, 2.45) is 0 Å². The van der Waals surface area contributed by atoms with Gasteiger partial charge in [-0.15, -0.1) is 0 Å². The van der Waals surface area contributed by atoms with E-state index in [-0.39, 0.29) is 11.7 Å². The van der Waals surface area contributed by atoms with Crippen LogP contribution in [0.5, 0.6) is 0 Å². The van der Waals surface area contributed by atoms with Crippen LogP contribution in [0.3, 0.4) is 0 Å². The molecule has 1 aliphatic rings. The van der Waals surface area contributed by atoms with Crippen molar-refractivity contribution >= 4 is 23.8 Å². The molecule has 0 saturated carbocycles. The average Bonchev–Trinajstić information content (AvgIpc) is 2.72. The number of carbonyl (C=O) groups is 2. The SMILES string of the molecule is Cc1ccc(/C=C2\CN(C(=O)CCN(C)C)C/C(=C\c3ccc(C)cc3)C2=O)cc1. The van der Waals surface area contributed by atoms with E-state index in [0.29, 0.717) is 37.2 Å². The van der Waals surface area contributed by atoms with Crippen molar-refractivity contribution in [3.63, 3.8) is 0 Å². The number of piperidine rings is 1. The maximum atomic E-state index is 13.2. The Morgan fingerprint density at radius 1 is 0.867 bits per heavy atom. The second-order valence-corrected chi connectivity index (χ2v) is 8.29. The van der Waals surface area contributed by atoms with Gasteiger partial charge in [0.1, 0.15) is 0 Å². The van der Waals surface area contributed by atoms with Crippen LogP contribution in [-0.4, -0.2) is 55.2 Å². The summed E-state index contributed by atoms with van der Waals surface area (Å²) >= 11 is 0. The first kappa shape index (κ1) is 21.7. The molecule has 30 heavy (non-hydrogen) atoms. The molecule has 0 radical (unpaired) electrons. The number of rotatable bonds is 5. The van der Waals surface area contributed by atoms with E-state index in [2.05, 4.69) is 0 Å². The number of Topliss-reactive ketones (excluding diaryl/α,β-unsaturated/α-hetero) is 1. The van der Waals surface area contributed by atoms with Crippen molar-refractivity contribution in [3.05, 3.63) is 81.9 Å². The quantitative estimate of drug-likeness (QED) is 0.706. The summed E-state index contributed by atoms with van der Waals surface area (Å²) in [5, 5.41) is 0. The Labute approximate surface area is 179 Å². The number of amides is 1. The van der Waals surface area contributed by atoms with Crippen LogP contribution >= 0.6 is 0 Å². The van der Waals surface area contributed by atoms with Crippen LogP contribution in [0, 0.1) is 13.8 Å². The highest BCUT2D eigenvalue weighted by molar-refractivity contribution is 6.15. The number of ketones is 1. The second kappa shape index (κ2) is 9.68. The van der Waals surface area contributed by atoms with Crippen LogP contribution in [-0.2, 0) is 9.59 Å². The van der Waals surface area contributed by atoms with Crippen molar-refractivity contribution in [3.8, 4) is 0 Å². The molecular weight excluding hydrogens is 372 g/mol. The molecule has 0 unspecified atom stereocenters. The Kier molecular flexibility index (Phi) is 7.01. The molecule has 0 aromatic heterocycles. The number of nitrogens with zero attached hydrogens (tertiary/aromatic N) is 2. The van der Waals surface area contributed by atoms with Crippen molar-refractivity contribution in [1.82, 2.24) is 9.80 Å². The molecular formula is C26H30N2O2. The Balaban J connectivity index is 1.92. The number of carbonyl (C=O) groups excluding carboxylic acids is 2. The zero-order chi connectivity index (χ0) is 21.7. The van der Waals surface area contributed by atoms with Gasteiger partial charge < -0.3 is 9.80 Å². The van der Waals surface area contributed by atoms with Crippen LogP contribution in [0.4, 0.5) is 0 Å². The fourth-order valence-electron chi connectivity index (χ4n) is 3.42. The molecule has 1 fully saturated rings. The maximum Gasteiger partial charge on any atom is 0.224 e. The minimum atomic E-state index is 0.0211. The van der Waals surface area contributed by atoms with E-state index >= 15 is 0 Å². The minimum Gasteiger partial charge on any atom is -0.334 e. The summed E-state index contributed by atoms with van der Waals surface area (Å²) in [5.74, 6) is 0.0913. The Morgan fingerprint density at radius 2 is 1.30 bits per heavy atom. The van der Waals surface area contributed by atoms with Crippen molar-refractivity contribution in [2.75, 3.05) is 33.7 Å². The van der Waals surface area contributed by atoms with Crippen LogP contribution in [0.2, 0.25) is 0 Å². The van der Waals surface area contributed by atoms with Gasteiger partial charge >= 0.3 is 0 Å². The van der Waals surface area contributed by atoms with Crippen molar-refractivity contribution < 1.29 is 9.59 Å². The highest BCUT2D eigenvalue weighted by Gasteiger charge is 2.28. The molecule has 0 bridgehead atoms. The summed E-state index contributed by atoms with van der Waals surface area (Å²) in [6, 6.07) is 16.1. The number of likely N-dealkylation sites (tertiary alicyclic amines) is 1. The molecule has 156 valence electrons. The molecule has 2 aromatic carbocycles. The summed E-state index contributed by atoms with van der Waals surface area (Å²) < 4.78 is 0. The van der Waals surface area contributed by atoms with Gasteiger partial charge in [0.2, 0.25) is 5.91 Å². The zero-order valence-electron chi connectivity index (χ0n) is 18.3. The van der Waals surface area contributed by atoms with Crippen molar-refractivity contribution in [1.29, 1.82) is 0 Å². The van der Waals surface area contributed by atoms with Gasteiger partial charge in [-0.05, 0) is 51.2 Å². The lowest BCUT2D eigenvalue weighted by molar-refractivity contribution is -0.131. The van der Waals surface area contributed by atoms with E-state index in [0.717, 1.165) is 11.1 Å². The summed E-state index contributed by atoms with van der Waals surface area (Å²) in [6.45, 7) is 5.47. The molecule has 1 amide bonds. The molecule has 4 nitrogen and oxygen atoms in total. The third-order valence-electron chi connectivity index (χ3n) is 5.27. The van der Waals surface area contributed by atoms with Gasteiger partial charge in [0.05, 0.1) is 0 Å². The first-order valence-corrected chi connectivity index (χ1v) is 10.3. The Bertz CT molecular complexity index is 900. The zero-order valence-corrected chi connectivity index (χ0v) is 18.3. The van der Waals surface area contributed by atoms with Gasteiger partial charge in [0.15, 0.2) is 5.78 Å². The highest BCUT2D eigenvalue weighted by Crippen LogP contribution is 2.23. The summed E-state index contributed by atoms with van der Waals surface area (Å²) in [4.78, 5) is 29.8. The van der Waals surface area contributed by atoms with Gasteiger partial charge in [-0.1, -0.05) is 59.7 Å². The highest BCUT2D eigenvalue weighted by atomic mass is 16.2. The summed E-state index contributed by atoms with van der Waals surface area (Å²) in [7, 11) is 3.91. The van der Waals surface area contributed by atoms with E-state index in [4.69, 9.17) is 0 Å². The fourth-order valence-corrected chi connectivity index (χ4v) is 3.42. The normalized spacial score (nSPS) is 17.2. The monoisotopic (exact) mass is 402 g/mol. The van der Waals surface area contributed by atoms with Crippen LogP contribution in [0.15, 0.2) is 59.7 Å². The summed E-state index contributed by atoms with van der Waals surface area (Å²) in [6.07, 6.45) is 4.27. The topological polar surface area (TPSA) is 40.6 Å². The first-order chi connectivity index (χ1) is 14.3. The van der Waals surface area contributed by atoms with E-state index in [1.165, 1.54) is 11.1 Å². The van der Waals surface area contributed by atoms with E-state index in [1.807, 2.05) is 93.5 Å². The molecule has 0 atom stereocenters. The van der Waals surface area contributed by atoms with Gasteiger partial charge in [-0.3, -0.25) is 9.59 Å². The molecule has 4 heteroatoms. The maximum absolute atomic E-state index is 13.2. The lowest BCUT2D eigenvalue weighted by atomic mass is 9.93. The third-order valence-corrected chi connectivity index (χ3v) is 5.27. The second-order valence-electron chi connectivity index (χ2n) is 8.29. The standard InChI is InChI=1S/C26H30N2O2/c1-19-5-9-21(10-6-19)15-23-17-28(25(29)13-14-27(3)4)18-24(26(23)30)16-22-11-7-20(2)8-12-22/h5-12,15-16H,13-14,17-18H2,1-4H3/b23-15+,24-16+. The number of benzene rings is 2. The smallest absolute Gasteiger partial charge is 0.224 e. The number of hydrogen-bond donors (Lipinski definition) is 0. The van der Waals surface area contributed by atoms with Crippen LogP contribution in [0.1, 0.15) is 28.7 Å². The minimum absolute atomic E-state index is 0.0211. The fraction of sp³-hybridized carbons (Fsp3) is 0.308. The molecule has 0 N–H and O–H groups in total. The van der Waals surface area contributed by atoms with Crippen LogP contribution in [0.25, 0.3) is 12.2 Å². The lowest BCUT2D eigenvalue weighted by Gasteiger charge is -2.30. The molecule has 2 aromatic rings. The predicted molar refractivity (Wildman–Crippen MR) is 123 cm³/mol. The molecule has 1 heterocycles. The summed E-state index contributed by atoms with van der Waals surface area (Å²) in [5.41, 5.74) is 5.60. The van der Waals surface area contributed by atoms with Gasteiger partial charge in [-0.25, -0.2) is 0 Å². The van der Waals surface area contributed by atoms with Gasteiger partial charge in [0, 0.05) is 37.2 Å². The van der Waals surface area contributed by atoms with Gasteiger partial charge in [-0.2, -0.15) is 0 Å². The largest absolute Gasteiger partial charge is 0.334 e. The van der Waals surface area contributed by atoms with Crippen molar-refractivity contribution in [2.45, 2.75) is 20.3 Å². The molecule has 1 saturated heterocycles. The first-order valence-electron chi connectivity index (χ1n) is 10.3. The Morgan fingerprint density at radius 3 is 1.70 bits per heavy atom. The third kappa shape index (κ3) is 5.77. The lowest BCUT2D eigenvalue weighted by Crippen LogP contribution is -2.42. The van der Waals surface area contributed by atoms with E-state index in [9.17, 15) is 9.59 Å². The number of hydrogen-bond acceptors (Lipinski definition) is 3. The van der Waals surface area contributed by atoms with Gasteiger partial charge in [0.25, 0.3) is 0 Å². The van der Waals surface area contributed by atoms with E-state index < -0.39 is 0 Å².